The summed E-state index contributed by atoms with van der Waals surface area (Å²) in [6.07, 6.45) is 0.690. The van der Waals surface area contributed by atoms with Gasteiger partial charge in [-0.25, -0.2) is 0 Å². The molecule has 2 aromatic rings. The van der Waals surface area contributed by atoms with Gasteiger partial charge in [0.1, 0.15) is 24.8 Å². The molecule has 11 heteroatoms. The monoisotopic (exact) mass is 512 g/mol. The van der Waals surface area contributed by atoms with Crippen LogP contribution in [-0.2, 0) is 30.8 Å². The molecule has 0 aromatic heterocycles. The Morgan fingerprint density at radius 2 is 1.76 bits per heavy atom. The highest BCUT2D eigenvalue weighted by Gasteiger charge is 2.32. The van der Waals surface area contributed by atoms with Gasteiger partial charge in [0.2, 0.25) is 0 Å². The third-order valence-corrected chi connectivity index (χ3v) is 7.57. The molecule has 0 spiro atoms. The van der Waals surface area contributed by atoms with Crippen molar-refractivity contribution in [2.45, 2.75) is 19.4 Å². The number of hydrogen-bond donors (Lipinski definition) is 1. The molecule has 1 aliphatic heterocycles. The minimum absolute atomic E-state index is 0.0429. The fraction of sp³-hybridized carbons (Fsp3) is 0.478. The van der Waals surface area contributed by atoms with Gasteiger partial charge in [0.15, 0.2) is 0 Å². The molecular formula is C23H32N2O7S2. The lowest BCUT2D eigenvalue weighted by Gasteiger charge is -2.38. The Bertz CT molecular complexity index is 1160. The van der Waals surface area contributed by atoms with Gasteiger partial charge in [-0.2, -0.15) is 16.8 Å². The second kappa shape index (κ2) is 11.6. The van der Waals surface area contributed by atoms with Gasteiger partial charge in [-0.3, -0.25) is 13.6 Å². The average Bonchev–Trinajstić information content (AvgIpc) is 2.74. The molecule has 1 aliphatic rings. The Hall–Kier alpha value is -2.02. The van der Waals surface area contributed by atoms with Gasteiger partial charge < -0.3 is 9.64 Å². The zero-order valence-electron chi connectivity index (χ0n) is 19.5. The average molecular weight is 513 g/mol. The van der Waals surface area contributed by atoms with Crippen molar-refractivity contribution in [1.29, 1.82) is 0 Å². The number of rotatable bonds is 11. The summed E-state index contributed by atoms with van der Waals surface area (Å²) < 4.78 is 67.9. The van der Waals surface area contributed by atoms with Gasteiger partial charge in [-0.15, -0.1) is 0 Å². The molecule has 188 valence electrons. The van der Waals surface area contributed by atoms with E-state index in [9.17, 15) is 21.4 Å². The molecule has 1 N–H and O–H groups in total. The van der Waals surface area contributed by atoms with Gasteiger partial charge in [0, 0.05) is 32.1 Å². The molecular weight excluding hydrogens is 480 g/mol. The summed E-state index contributed by atoms with van der Waals surface area (Å²) in [5.41, 5.74) is 3.24. The summed E-state index contributed by atoms with van der Waals surface area (Å²) in [7, 11) is -6.38. The maximum atomic E-state index is 12.5. The van der Waals surface area contributed by atoms with Crippen LogP contribution >= 0.6 is 0 Å². The highest BCUT2D eigenvalue weighted by molar-refractivity contribution is 7.86. The quantitative estimate of drug-likeness (QED) is 0.273. The first-order valence-corrected chi connectivity index (χ1v) is 14.2. The SMILES string of the molecule is Cc1ccc(OCCOS(=O)(=O)CN2CCN(C)CC2CS(=O)(=O)O)c(Cc2ccccc2)c1. The molecule has 2 aromatic carbocycles. The summed E-state index contributed by atoms with van der Waals surface area (Å²) in [4.78, 5) is 3.41. The maximum absolute atomic E-state index is 12.5. The Balaban J connectivity index is 1.55. The van der Waals surface area contributed by atoms with Gasteiger partial charge in [0.05, 0.1) is 5.75 Å². The summed E-state index contributed by atoms with van der Waals surface area (Å²) in [6.45, 7) is 3.14. The van der Waals surface area contributed by atoms with E-state index in [1.54, 1.807) is 0 Å². The number of aryl methyl sites for hydroxylation is 1. The molecule has 0 radical (unpaired) electrons. The summed E-state index contributed by atoms with van der Waals surface area (Å²) in [5.74, 6) is -0.318. The summed E-state index contributed by atoms with van der Waals surface area (Å²) in [6, 6.07) is 15.2. The number of piperazine rings is 1. The fourth-order valence-corrected chi connectivity index (χ4v) is 5.92. The molecule has 0 aliphatic carbocycles. The van der Waals surface area contributed by atoms with Crippen molar-refractivity contribution in [3.05, 3.63) is 65.2 Å². The van der Waals surface area contributed by atoms with Crippen LogP contribution in [0.25, 0.3) is 0 Å². The number of hydrogen-bond acceptors (Lipinski definition) is 8. The highest BCUT2D eigenvalue weighted by atomic mass is 32.2. The van der Waals surface area contributed by atoms with Crippen LogP contribution in [0.5, 0.6) is 5.75 Å². The van der Waals surface area contributed by atoms with Crippen LogP contribution < -0.4 is 4.74 Å². The Kier molecular flexibility index (Phi) is 9.07. The van der Waals surface area contributed by atoms with E-state index in [0.29, 0.717) is 31.8 Å². The number of nitrogens with zero attached hydrogens (tertiary/aromatic N) is 2. The summed E-state index contributed by atoms with van der Waals surface area (Å²) in [5, 5.41) is 0. The third-order valence-electron chi connectivity index (χ3n) is 5.59. The van der Waals surface area contributed by atoms with Crippen molar-refractivity contribution in [3.63, 3.8) is 0 Å². The van der Waals surface area contributed by atoms with Crippen LogP contribution in [-0.4, -0.2) is 88.8 Å². The van der Waals surface area contributed by atoms with Crippen LogP contribution in [0.1, 0.15) is 16.7 Å². The van der Waals surface area contributed by atoms with E-state index in [1.807, 2.05) is 67.4 Å². The predicted molar refractivity (Wildman–Crippen MR) is 130 cm³/mol. The van der Waals surface area contributed by atoms with Crippen molar-refractivity contribution < 1.29 is 30.3 Å². The topological polar surface area (TPSA) is 113 Å². The molecule has 0 bridgehead atoms. The van der Waals surface area contributed by atoms with E-state index in [2.05, 4.69) is 0 Å². The van der Waals surface area contributed by atoms with Gasteiger partial charge in [0.25, 0.3) is 20.2 Å². The van der Waals surface area contributed by atoms with Gasteiger partial charge in [-0.05, 0) is 31.2 Å². The van der Waals surface area contributed by atoms with E-state index in [1.165, 1.54) is 4.90 Å². The number of ether oxygens (including phenoxy) is 1. The van der Waals surface area contributed by atoms with Crippen molar-refractivity contribution in [2.24, 2.45) is 0 Å². The lowest BCUT2D eigenvalue weighted by atomic mass is 10.0. The van der Waals surface area contributed by atoms with Crippen molar-refractivity contribution >= 4 is 20.2 Å². The van der Waals surface area contributed by atoms with Crippen molar-refractivity contribution in [1.82, 2.24) is 9.80 Å². The van der Waals surface area contributed by atoms with E-state index in [0.717, 1.165) is 16.7 Å². The first kappa shape index (κ1) is 26.6. The standard InChI is InChI=1S/C23H32N2O7S2/c1-19-8-9-23(21(14-19)15-20-6-4-3-5-7-20)31-12-13-32-34(29,30)18-25-11-10-24(2)16-22(25)17-33(26,27)28/h3-9,14,22H,10-13,15-18H2,1-2H3,(H,26,27,28). The Labute approximate surface area is 202 Å². The smallest absolute Gasteiger partial charge is 0.280 e. The first-order valence-electron chi connectivity index (χ1n) is 11.0. The maximum Gasteiger partial charge on any atom is 0.280 e. The highest BCUT2D eigenvalue weighted by Crippen LogP contribution is 2.23. The molecule has 1 heterocycles. The van der Waals surface area contributed by atoms with Crippen LogP contribution in [0.15, 0.2) is 48.5 Å². The van der Waals surface area contributed by atoms with E-state index < -0.39 is 37.9 Å². The fourth-order valence-electron chi connectivity index (χ4n) is 3.98. The van der Waals surface area contributed by atoms with E-state index >= 15 is 0 Å². The van der Waals surface area contributed by atoms with E-state index in [-0.39, 0.29) is 13.2 Å². The molecule has 1 unspecified atom stereocenters. The predicted octanol–water partition coefficient (Wildman–Crippen LogP) is 1.77. The second-order valence-corrected chi connectivity index (χ2v) is 11.7. The molecule has 1 saturated heterocycles. The Morgan fingerprint density at radius 1 is 1.03 bits per heavy atom. The molecule has 0 amide bonds. The normalized spacial score (nSPS) is 18.1. The molecule has 3 rings (SSSR count). The zero-order chi connectivity index (χ0) is 24.8. The largest absolute Gasteiger partial charge is 0.491 e. The van der Waals surface area contributed by atoms with Crippen molar-refractivity contribution in [2.75, 3.05) is 51.5 Å². The Morgan fingerprint density at radius 3 is 2.47 bits per heavy atom. The molecule has 1 atom stereocenters. The zero-order valence-corrected chi connectivity index (χ0v) is 21.1. The van der Waals surface area contributed by atoms with Crippen LogP contribution in [0.2, 0.25) is 0 Å². The third kappa shape index (κ3) is 8.64. The lowest BCUT2D eigenvalue weighted by molar-refractivity contribution is 0.113. The second-order valence-electron chi connectivity index (χ2n) is 8.61. The number of likely N-dealkylation sites (N-methyl/N-ethyl adjacent to an activating group) is 1. The van der Waals surface area contributed by atoms with Crippen LogP contribution in [0.4, 0.5) is 0 Å². The minimum atomic E-state index is -4.24. The van der Waals surface area contributed by atoms with Crippen LogP contribution in [0.3, 0.4) is 0 Å². The number of benzene rings is 2. The molecule has 9 nitrogen and oxygen atoms in total. The van der Waals surface area contributed by atoms with Crippen LogP contribution in [0, 0.1) is 6.92 Å². The lowest BCUT2D eigenvalue weighted by Crippen LogP contribution is -2.55. The first-order chi connectivity index (χ1) is 16.0. The van der Waals surface area contributed by atoms with E-state index in [4.69, 9.17) is 8.92 Å². The van der Waals surface area contributed by atoms with Gasteiger partial charge in [-0.1, -0.05) is 48.0 Å². The molecule has 34 heavy (non-hydrogen) atoms. The minimum Gasteiger partial charge on any atom is -0.491 e. The molecule has 1 fully saturated rings. The van der Waals surface area contributed by atoms with Gasteiger partial charge >= 0.3 is 0 Å². The molecule has 0 saturated carbocycles. The summed E-state index contributed by atoms with van der Waals surface area (Å²) >= 11 is 0. The van der Waals surface area contributed by atoms with Crippen molar-refractivity contribution in [3.8, 4) is 5.75 Å².